The molecule has 8 fully saturated rings. The molecule has 13 N–H and O–H groups in total. The molecule has 0 bridgehead atoms. The van der Waals surface area contributed by atoms with Gasteiger partial charge in [0.25, 0.3) is 0 Å². The van der Waals surface area contributed by atoms with Crippen molar-refractivity contribution in [2.24, 2.45) is 39.4 Å². The van der Waals surface area contributed by atoms with E-state index < -0.39 is 228 Å². The van der Waals surface area contributed by atoms with Crippen molar-refractivity contribution >= 4 is 37.2 Å². The summed E-state index contributed by atoms with van der Waals surface area (Å²) < 4.78 is 186. The van der Waals surface area contributed by atoms with E-state index in [1.807, 2.05) is 33.8 Å². The van der Waals surface area contributed by atoms with Crippen LogP contribution in [0.2, 0.25) is 0 Å². The average Bonchev–Trinajstić information content (AvgIpc) is 1.66. The number of methoxy groups -OCH3 is 1. The summed E-state index contributed by atoms with van der Waals surface area (Å²) in [5.41, 5.74) is -0.776. The first-order chi connectivity index (χ1) is 45.8. The van der Waals surface area contributed by atoms with Gasteiger partial charge in [-0.3, -0.25) is 18.5 Å². The number of esters is 1. The molecule has 572 valence electrons. The molecule has 5 saturated heterocycles. The van der Waals surface area contributed by atoms with Crippen LogP contribution >= 0.6 is 0 Å². The number of aliphatic hydroxyl groups is 10. The zero-order valence-corrected chi connectivity index (χ0v) is 59.3. The molecule has 38 heteroatoms. The molecule has 0 radical (unpaired) electrons. The van der Waals surface area contributed by atoms with Gasteiger partial charge in [-0.1, -0.05) is 57.9 Å². The molecule has 99 heavy (non-hydrogen) atoms. The van der Waals surface area contributed by atoms with E-state index in [2.05, 4.69) is 35.2 Å². The predicted molar refractivity (Wildman–Crippen MR) is 331 cm³/mol. The van der Waals surface area contributed by atoms with Crippen molar-refractivity contribution in [1.29, 1.82) is 0 Å². The van der Waals surface area contributed by atoms with Crippen LogP contribution in [0.25, 0.3) is 0 Å². The average molecular weight is 1490 g/mol. The molecule has 32 unspecified atom stereocenters. The lowest BCUT2D eigenvalue weighted by atomic mass is 9.40. The first kappa shape index (κ1) is 80.8. The lowest BCUT2D eigenvalue weighted by molar-refractivity contribution is -0.403. The minimum absolute atomic E-state index is 0.0608. The van der Waals surface area contributed by atoms with Crippen molar-refractivity contribution < 1.29 is 164 Å². The number of aliphatic hydroxyl groups excluding tert-OH is 9. The van der Waals surface area contributed by atoms with Crippen LogP contribution in [0.3, 0.4) is 0 Å². The van der Waals surface area contributed by atoms with E-state index in [0.717, 1.165) is 31.9 Å². The monoisotopic (exact) mass is 1490 g/mol. The molecule has 0 aromatic carbocycles. The highest BCUT2D eigenvalue weighted by Gasteiger charge is 2.69. The summed E-state index contributed by atoms with van der Waals surface area (Å²) in [6.45, 7) is 15.5. The largest absolute Gasteiger partial charge is 0.459 e. The fraction of sp³-hybridized carbons (Fsp3) is 0.918. The molecule has 0 spiro atoms. The van der Waals surface area contributed by atoms with E-state index in [1.165, 1.54) is 19.4 Å². The second-order valence-electron chi connectivity index (χ2n) is 29.5. The Bertz CT molecular complexity index is 3210. The van der Waals surface area contributed by atoms with Crippen molar-refractivity contribution in [2.45, 2.75) is 280 Å². The van der Waals surface area contributed by atoms with Crippen LogP contribution in [-0.2, 0) is 105 Å². The van der Waals surface area contributed by atoms with Gasteiger partial charge in [-0.25, -0.2) is 12.5 Å². The molecule has 0 amide bonds. The first-order valence-electron chi connectivity index (χ1n) is 33.0. The Balaban J connectivity index is 0.989. The molecule has 0 aromatic rings. The molecule has 4 aliphatic carbocycles. The third kappa shape index (κ3) is 16.8. The number of carbonyl (C=O) groups excluding carboxylic acids is 1. The van der Waals surface area contributed by atoms with E-state index >= 15 is 0 Å². The fourth-order valence-corrected chi connectivity index (χ4v) is 18.6. The Morgan fingerprint density at radius 2 is 1.18 bits per heavy atom. The van der Waals surface area contributed by atoms with Crippen LogP contribution in [0.1, 0.15) is 121 Å². The maximum atomic E-state index is 12.6. The van der Waals surface area contributed by atoms with Crippen molar-refractivity contribution in [3.05, 3.63) is 23.3 Å². The summed E-state index contributed by atoms with van der Waals surface area (Å²) in [6.07, 6.45) is -37.8. The highest BCUT2D eigenvalue weighted by atomic mass is 32.3. The van der Waals surface area contributed by atoms with Crippen LogP contribution in [0.4, 0.5) is 0 Å². The molecule has 9 rings (SSSR count). The molecular weight excluding hydrogens is 1390 g/mol. The van der Waals surface area contributed by atoms with Crippen LogP contribution < -0.4 is 0 Å². The minimum atomic E-state index is -5.33. The van der Waals surface area contributed by atoms with E-state index in [1.54, 1.807) is 6.92 Å². The number of ether oxygens (including phenoxy) is 12. The minimum Gasteiger partial charge on any atom is -0.459 e. The summed E-state index contributed by atoms with van der Waals surface area (Å²) in [4.78, 5) is 12.5. The second-order valence-corrected chi connectivity index (χ2v) is 32.7. The molecule has 5 heterocycles. The van der Waals surface area contributed by atoms with Crippen molar-refractivity contribution in [3.63, 3.8) is 0 Å². The van der Waals surface area contributed by atoms with Crippen LogP contribution in [0.15, 0.2) is 23.3 Å². The molecular formula is C61H100O35S3. The lowest BCUT2D eigenvalue weighted by Crippen LogP contribution is -2.68. The quantitative estimate of drug-likeness (QED) is 0.0299. The highest BCUT2D eigenvalue weighted by molar-refractivity contribution is 7.81. The predicted octanol–water partition coefficient (Wildman–Crippen LogP) is -1.45. The van der Waals surface area contributed by atoms with E-state index in [4.69, 9.17) is 61.0 Å². The number of rotatable bonds is 24. The number of fused-ring (bicyclic) bond motifs is 5. The van der Waals surface area contributed by atoms with E-state index in [0.29, 0.717) is 32.1 Å². The zero-order chi connectivity index (χ0) is 73.4. The SMILES string of the molecule is COC1C(O)C(COS(=O)(=O)O)OC(OC2C(O)C(COS(=O)(=O)O)OC(OC3C(C)OC(OC4C(OC5CCC6(C)C7CCC8(C)C(C(C)(O)C(CC=C(C)C)OC(C)=O)CCC8(C)C7=CCC6C5(C)C)OCC(OS(=O)(=O)O)C4O)C(OC4OCC(O)C(O)C4O)C3O)C2O)C1O. The summed E-state index contributed by atoms with van der Waals surface area (Å²) in [7, 11) is -14.8. The van der Waals surface area contributed by atoms with Gasteiger partial charge in [-0.05, 0) is 112 Å². The normalized spacial score (nSPS) is 46.0. The third-order valence-electron chi connectivity index (χ3n) is 22.8. The fourth-order valence-electron chi connectivity index (χ4n) is 17.5. The number of hydrogen-bond donors (Lipinski definition) is 13. The van der Waals surface area contributed by atoms with Gasteiger partial charge in [0.1, 0.15) is 115 Å². The first-order valence-corrected chi connectivity index (χ1v) is 37.1. The number of carbonyl (C=O) groups is 1. The van der Waals surface area contributed by atoms with E-state index in [-0.39, 0.29) is 34.0 Å². The summed E-state index contributed by atoms with van der Waals surface area (Å²) in [6, 6.07) is 0. The molecule has 0 aromatic heterocycles. The Morgan fingerprint density at radius 1 is 0.626 bits per heavy atom. The zero-order valence-electron chi connectivity index (χ0n) is 56.8. The third-order valence-corrected chi connectivity index (χ3v) is 24.2. The smallest absolute Gasteiger partial charge is 0.397 e. The van der Waals surface area contributed by atoms with Crippen LogP contribution in [-0.4, -0.2) is 289 Å². The Labute approximate surface area is 575 Å². The topological polar surface area (TPSA) is 521 Å². The van der Waals surface area contributed by atoms with Crippen molar-refractivity contribution in [2.75, 3.05) is 33.5 Å². The maximum Gasteiger partial charge on any atom is 0.397 e. The Morgan fingerprint density at radius 3 is 1.76 bits per heavy atom. The molecule has 3 saturated carbocycles. The van der Waals surface area contributed by atoms with Gasteiger partial charge in [-0.2, -0.15) is 25.3 Å². The summed E-state index contributed by atoms with van der Waals surface area (Å²) >= 11 is 0. The second kappa shape index (κ2) is 30.5. The maximum absolute atomic E-state index is 12.6. The van der Waals surface area contributed by atoms with Gasteiger partial charge < -0.3 is 108 Å². The lowest BCUT2D eigenvalue weighted by Gasteiger charge is -2.65. The molecule has 5 aliphatic heterocycles. The van der Waals surface area contributed by atoms with Gasteiger partial charge in [-0.15, -0.1) is 0 Å². The Hall–Kier alpha value is -2.28. The standard InChI is InChI=1S/C61H100O35S3/c1-26(2)12-15-38(88-28(4)62)61(10,72)36-17-21-59(8)30-13-14-35-57(5,6)37(18-19-58(35,7)29(30)16-20-60(36,59)9)91-55-50(42(67)34(23-84-55)96-99(79,80)81)95-56-51(94-52-43(68)39(64)31(63)22-83-52)44(69)47(27(3)87-56)92-54-46(71)49(41(66)33(90-54)25-86-98(76,77)78)93-53-45(70)48(82-11)40(65)32(89-53)24-85-97(73,74)75/h12-13,27,29,31-56,63-72H,14-25H2,1-11H3,(H,73,74,75)(H,76,77,78)(H,79,80,81). The van der Waals surface area contributed by atoms with Gasteiger partial charge in [0, 0.05) is 20.5 Å². The number of hydrogen-bond acceptors (Lipinski definition) is 32. The van der Waals surface area contributed by atoms with Gasteiger partial charge >= 0.3 is 37.2 Å². The summed E-state index contributed by atoms with van der Waals surface area (Å²) in [5.74, 6) is -0.656. The number of allylic oxidation sites excluding steroid dienone is 3. The van der Waals surface area contributed by atoms with Gasteiger partial charge in [0.05, 0.1) is 38.6 Å². The Kier molecular flexibility index (Phi) is 24.9. The molecule has 9 aliphatic rings. The highest BCUT2D eigenvalue weighted by Crippen LogP contribution is 2.74. The van der Waals surface area contributed by atoms with Gasteiger partial charge in [0.15, 0.2) is 31.5 Å². The van der Waals surface area contributed by atoms with Crippen molar-refractivity contribution in [3.8, 4) is 0 Å². The molecule has 35 nitrogen and oxygen atoms in total. The summed E-state index contributed by atoms with van der Waals surface area (Å²) in [5, 5.41) is 115. The van der Waals surface area contributed by atoms with Crippen molar-refractivity contribution in [1.82, 2.24) is 0 Å². The van der Waals surface area contributed by atoms with E-state index in [9.17, 15) is 94.8 Å². The van der Waals surface area contributed by atoms with Crippen LogP contribution in [0.5, 0.6) is 0 Å². The van der Waals surface area contributed by atoms with Gasteiger partial charge in [0.2, 0.25) is 0 Å². The van der Waals surface area contributed by atoms with Crippen LogP contribution in [0, 0.1) is 39.4 Å². The molecule has 32 atom stereocenters.